The van der Waals surface area contributed by atoms with Gasteiger partial charge < -0.3 is 26.6 Å². The number of piperidine rings is 1. The molecule has 0 aromatic heterocycles. The monoisotopic (exact) mass is 667 g/mol. The molecule has 0 aromatic rings. The van der Waals surface area contributed by atoms with Crippen molar-refractivity contribution in [1.29, 1.82) is 0 Å². The number of carbonyl (C=O) groups excluding carboxylic acids is 5. The molecule has 2 saturated heterocycles. The molecule has 4 fully saturated rings. The third-order valence-electron chi connectivity index (χ3n) is 10.4. The minimum atomic E-state index is -3.64. The summed E-state index contributed by atoms with van der Waals surface area (Å²) in [4.78, 5) is 67.4. The van der Waals surface area contributed by atoms with E-state index in [0.29, 0.717) is 32.5 Å². The van der Waals surface area contributed by atoms with E-state index in [-0.39, 0.29) is 35.6 Å². The Morgan fingerprint density at radius 3 is 2.17 bits per heavy atom. The van der Waals surface area contributed by atoms with Gasteiger partial charge in [-0.3, -0.25) is 19.2 Å². The number of likely N-dealkylation sites (tertiary alicyclic amines) is 1. The third kappa shape index (κ3) is 7.51. The van der Waals surface area contributed by atoms with Crippen LogP contribution in [0.5, 0.6) is 0 Å². The average Bonchev–Trinajstić information content (AvgIpc) is 3.79. The second-order valence-electron chi connectivity index (χ2n) is 15.7. The van der Waals surface area contributed by atoms with Gasteiger partial charge in [0.2, 0.25) is 17.6 Å². The van der Waals surface area contributed by atoms with Crippen LogP contribution in [0.4, 0.5) is 4.79 Å². The van der Waals surface area contributed by atoms with Gasteiger partial charge in [0.05, 0.1) is 6.04 Å². The number of nitrogens with one attached hydrogen (secondary N) is 3. The Kier molecular flexibility index (Phi) is 10.2. The lowest BCUT2D eigenvalue weighted by atomic mass is 9.85. The maximum atomic E-state index is 14.3. The summed E-state index contributed by atoms with van der Waals surface area (Å²) in [5, 5.41) is 8.49. The molecule has 0 spiro atoms. The smallest absolute Gasteiger partial charge is 0.315 e. The number of fused-ring (bicyclic) bond motifs is 1. The largest absolute Gasteiger partial charge is 0.363 e. The van der Waals surface area contributed by atoms with E-state index in [2.05, 4.69) is 16.0 Å². The Morgan fingerprint density at radius 2 is 1.63 bits per heavy atom. The predicted octanol–water partition coefficient (Wildman–Crippen LogP) is 0.430. The third-order valence-corrected chi connectivity index (χ3v) is 12.4. The van der Waals surface area contributed by atoms with Crippen molar-refractivity contribution in [3.63, 3.8) is 0 Å². The van der Waals surface area contributed by atoms with Crippen LogP contribution in [0.2, 0.25) is 0 Å². The summed E-state index contributed by atoms with van der Waals surface area (Å²) < 4.78 is 28.4. The van der Waals surface area contributed by atoms with Crippen LogP contribution in [-0.2, 0) is 29.4 Å². The first-order valence-corrected chi connectivity index (χ1v) is 17.8. The number of nitrogens with two attached hydrogens (primary N) is 1. The van der Waals surface area contributed by atoms with Crippen molar-refractivity contribution in [2.45, 2.75) is 98.3 Å². The maximum Gasteiger partial charge on any atom is 0.315 e. The number of urea groups is 1. The van der Waals surface area contributed by atoms with Crippen molar-refractivity contribution in [1.82, 2.24) is 29.5 Å². The summed E-state index contributed by atoms with van der Waals surface area (Å²) in [6, 6.07) is -4.09. The summed E-state index contributed by atoms with van der Waals surface area (Å²) in [7, 11) is -2.10. The maximum absolute atomic E-state index is 14.3. The van der Waals surface area contributed by atoms with Gasteiger partial charge >= 0.3 is 6.03 Å². The van der Waals surface area contributed by atoms with Crippen LogP contribution < -0.4 is 21.7 Å². The summed E-state index contributed by atoms with van der Waals surface area (Å²) in [6.45, 7) is 14.5. The van der Waals surface area contributed by atoms with Crippen LogP contribution in [0.25, 0.3) is 0 Å². The molecule has 2 heterocycles. The number of ketones is 1. The van der Waals surface area contributed by atoms with Crippen molar-refractivity contribution in [2.24, 2.45) is 40.2 Å². The topological polar surface area (TPSA) is 191 Å². The van der Waals surface area contributed by atoms with E-state index in [1.165, 1.54) is 20.6 Å². The van der Waals surface area contributed by atoms with E-state index in [1.54, 1.807) is 0 Å². The highest BCUT2D eigenvalue weighted by molar-refractivity contribution is 7.86. The van der Waals surface area contributed by atoms with Gasteiger partial charge in [-0.1, -0.05) is 61.3 Å². The number of primary amides is 1. The highest BCUT2D eigenvalue weighted by atomic mass is 32.2. The minimum absolute atomic E-state index is 0.0605. The Morgan fingerprint density at radius 1 is 1.00 bits per heavy atom. The Hall–Kier alpha value is -2.78. The predicted molar refractivity (Wildman–Crippen MR) is 171 cm³/mol. The lowest BCUT2D eigenvalue weighted by Gasteiger charge is -2.38. The molecular formula is C31H53N7O7S. The molecule has 0 bridgehead atoms. The zero-order valence-corrected chi connectivity index (χ0v) is 29.3. The highest BCUT2D eigenvalue weighted by Gasteiger charge is 2.70. The molecule has 0 aromatic carbocycles. The molecule has 6 atom stereocenters. The molecule has 15 heteroatoms. The molecule has 5 amide bonds. The van der Waals surface area contributed by atoms with Gasteiger partial charge in [0.25, 0.3) is 16.1 Å². The van der Waals surface area contributed by atoms with Crippen molar-refractivity contribution in [3.05, 3.63) is 0 Å². The molecule has 4 aliphatic rings. The van der Waals surface area contributed by atoms with Crippen molar-refractivity contribution in [3.8, 4) is 0 Å². The highest BCUT2D eigenvalue weighted by Crippen LogP contribution is 2.65. The van der Waals surface area contributed by atoms with E-state index in [0.717, 1.165) is 12.8 Å². The second-order valence-corrected chi connectivity index (χ2v) is 17.7. The SMILES string of the molecule is CC(C)[C@@H](CN1CCCN(C)S1(=O)=O)NC(=O)N[C@H](C(=O)N1C[C@H]2[C@@H]([C@H]1C(=O)NC(CC1CC1)C(=O)C(N)=O)C2(C)C)C(C)(C)C. The Labute approximate surface area is 273 Å². The Balaban J connectivity index is 1.50. The van der Waals surface area contributed by atoms with Crippen LogP contribution in [0.1, 0.15) is 74.1 Å². The van der Waals surface area contributed by atoms with Crippen LogP contribution in [0, 0.1) is 34.5 Å². The van der Waals surface area contributed by atoms with Gasteiger partial charge in [-0.05, 0) is 47.3 Å². The molecule has 2 aliphatic carbocycles. The standard InChI is InChI=1S/C31H53N7O7S/c1-17(2)21(16-37-13-9-12-36(8)46(37,44)45)34-29(43)35-25(30(3,4)5)28(42)38-15-19-22(31(19,6)7)23(38)27(41)33-20(14-18-10-11-18)24(39)26(32)40/h17-23,25H,9-16H2,1-8H3,(H2,32,40)(H,33,41)(H2,34,35,43)/t19-,20?,21+,22-,23-,25+/m0/s1. The number of hydrogen-bond acceptors (Lipinski definition) is 7. The van der Waals surface area contributed by atoms with Crippen molar-refractivity contribution < 1.29 is 32.4 Å². The number of Topliss-reactive ketones (excluding diaryl/α,β-unsaturated/α-hetero) is 1. The van der Waals surface area contributed by atoms with E-state index in [9.17, 15) is 32.4 Å². The van der Waals surface area contributed by atoms with Crippen LogP contribution >= 0.6 is 0 Å². The second kappa shape index (κ2) is 13.0. The fraction of sp³-hybridized carbons (Fsp3) is 0.839. The van der Waals surface area contributed by atoms with Gasteiger partial charge in [-0.15, -0.1) is 0 Å². The fourth-order valence-electron chi connectivity index (χ4n) is 7.04. The fourth-order valence-corrected chi connectivity index (χ4v) is 8.50. The summed E-state index contributed by atoms with van der Waals surface area (Å²) >= 11 is 0. The molecule has 1 unspecified atom stereocenters. The summed E-state index contributed by atoms with van der Waals surface area (Å²) in [5.41, 5.74) is 4.34. The van der Waals surface area contributed by atoms with Crippen LogP contribution in [-0.4, -0.2) is 109 Å². The molecule has 2 saturated carbocycles. The first-order chi connectivity index (χ1) is 21.2. The quantitative estimate of drug-likeness (QED) is 0.217. The van der Waals surface area contributed by atoms with Gasteiger partial charge in [0.1, 0.15) is 12.1 Å². The average molecular weight is 668 g/mol. The lowest BCUT2D eigenvalue weighted by molar-refractivity contribution is -0.145. The van der Waals surface area contributed by atoms with E-state index < -0.39 is 69.3 Å². The molecule has 0 radical (unpaired) electrons. The first-order valence-electron chi connectivity index (χ1n) is 16.4. The Bertz CT molecular complexity index is 1340. The normalized spacial score (nSPS) is 27.7. The first kappa shape index (κ1) is 36.1. The molecule has 46 heavy (non-hydrogen) atoms. The molecule has 4 rings (SSSR count). The minimum Gasteiger partial charge on any atom is -0.363 e. The number of carbonyl (C=O) groups is 5. The summed E-state index contributed by atoms with van der Waals surface area (Å²) in [6.07, 6.45) is 2.82. The number of nitrogens with zero attached hydrogens (tertiary/aromatic N) is 3. The van der Waals surface area contributed by atoms with E-state index in [1.807, 2.05) is 48.5 Å². The van der Waals surface area contributed by atoms with E-state index >= 15 is 0 Å². The number of rotatable bonds is 12. The van der Waals surface area contributed by atoms with Crippen LogP contribution in [0.3, 0.4) is 0 Å². The number of amides is 5. The van der Waals surface area contributed by atoms with Gasteiger partial charge in [0.15, 0.2) is 0 Å². The van der Waals surface area contributed by atoms with Crippen molar-refractivity contribution >= 4 is 39.7 Å². The molecule has 2 aliphatic heterocycles. The van der Waals surface area contributed by atoms with Crippen molar-refractivity contribution in [2.75, 3.05) is 33.2 Å². The zero-order chi connectivity index (χ0) is 34.5. The van der Waals surface area contributed by atoms with Gasteiger partial charge in [0, 0.05) is 39.3 Å². The molecular weight excluding hydrogens is 614 g/mol. The molecule has 260 valence electrons. The molecule has 14 nitrogen and oxygen atoms in total. The zero-order valence-electron chi connectivity index (χ0n) is 28.5. The summed E-state index contributed by atoms with van der Waals surface area (Å²) in [5.74, 6) is -2.84. The lowest BCUT2D eigenvalue weighted by Crippen LogP contribution is -2.62. The van der Waals surface area contributed by atoms with Crippen LogP contribution in [0.15, 0.2) is 0 Å². The molecule has 5 N–H and O–H groups in total. The van der Waals surface area contributed by atoms with E-state index in [4.69, 9.17) is 5.73 Å². The number of hydrogen-bond donors (Lipinski definition) is 4. The van der Waals surface area contributed by atoms with Gasteiger partial charge in [-0.25, -0.2) is 4.79 Å². The van der Waals surface area contributed by atoms with Gasteiger partial charge in [-0.2, -0.15) is 17.0 Å².